The number of aromatic amines is 1. The molecule has 1 aliphatic heterocycles. The number of nitrogens with two attached hydrogens (primary N) is 3. The maximum absolute atomic E-state index is 15.1. The number of amides is 1. The van der Waals surface area contributed by atoms with E-state index >= 15 is 4.39 Å². The Morgan fingerprint density at radius 2 is 1.16 bits per heavy atom. The zero-order valence-corrected chi connectivity index (χ0v) is 52.6. The summed E-state index contributed by atoms with van der Waals surface area (Å²) >= 11 is 1.82. The van der Waals surface area contributed by atoms with Crippen LogP contribution in [0.3, 0.4) is 0 Å². The predicted octanol–water partition coefficient (Wildman–Crippen LogP) is 11.8. The standard InChI is InChI=1S/C31H37FN6O2.C28H22FN3O5S.C7H5FINO2/c1-4-36(5-2)10-11-37-12-14-38(15-13-37)31(39)25-16-21(18-27(32)29(25)33)22-17-24-26(20-35-30(24)34-19-22)23-8-6-7-9-28(23)40-3;1-16-7-9-19(10-8-16)38(35,36)32-15-23(20-5-3-4-6-25(20)37-2)21-12-18(14-31-27(21)32)17-11-22(28(33)34)26(30)24(29)13-17;8-5-2-3(9)1-4(6(5)10)7(11)12/h6-9,16-20H,4-5,10-15,33H2,1-3H3,(H,34,35);3-15H,30H2,1-2H3,(H,33,34);1-2H,10H2,(H,11,12). The van der Waals surface area contributed by atoms with Crippen molar-refractivity contribution in [2.24, 2.45) is 0 Å². The second kappa shape index (κ2) is 27.9. The average Bonchev–Trinajstić information content (AvgIpc) is 1.59. The highest BCUT2D eigenvalue weighted by Crippen LogP contribution is 2.40. The number of para-hydroxylation sites is 2. The van der Waals surface area contributed by atoms with Gasteiger partial charge in [0.25, 0.3) is 15.9 Å². The van der Waals surface area contributed by atoms with Gasteiger partial charge in [0.15, 0.2) is 5.65 Å². The Balaban J connectivity index is 0.000000180. The quantitative estimate of drug-likeness (QED) is 0.0387. The molecule has 0 aliphatic carbocycles. The summed E-state index contributed by atoms with van der Waals surface area (Å²) in [5, 5.41) is 19.3. The van der Waals surface area contributed by atoms with Crippen molar-refractivity contribution in [2.45, 2.75) is 25.7 Å². The van der Waals surface area contributed by atoms with Crippen LogP contribution in [0.25, 0.3) is 66.6 Å². The lowest BCUT2D eigenvalue weighted by molar-refractivity contribution is 0.0624. The third-order valence-corrected chi connectivity index (χ3v) is 17.8. The first-order valence-corrected chi connectivity index (χ1v) is 30.8. The number of fused-ring (bicyclic) bond motifs is 2. The van der Waals surface area contributed by atoms with Crippen molar-refractivity contribution in [1.29, 1.82) is 0 Å². The Morgan fingerprint density at radius 1 is 0.644 bits per heavy atom. The van der Waals surface area contributed by atoms with Crippen molar-refractivity contribution in [1.82, 2.24) is 33.6 Å². The summed E-state index contributed by atoms with van der Waals surface area (Å²) in [7, 11) is -0.890. The molecule has 1 amide bonds. The molecule has 0 spiro atoms. The summed E-state index contributed by atoms with van der Waals surface area (Å²) in [6.07, 6.45) is 6.41. The Morgan fingerprint density at radius 3 is 1.72 bits per heavy atom. The van der Waals surface area contributed by atoms with Crippen LogP contribution >= 0.6 is 22.6 Å². The molecule has 11 rings (SSSR count). The maximum Gasteiger partial charge on any atom is 0.337 e. The SMILES string of the molecule is CCN(CC)CCN1CCN(C(=O)c2cc(-c3cnc4[nH]cc(-c5ccccc5OC)c4c3)cc(F)c2N)CC1.COc1ccccc1-c1cn(S(=O)(=O)c2ccc(C)cc2)c2ncc(-c3cc(F)c(N)c(C(=O)O)c3)cc12.Nc1c(F)cc(I)cc1C(=O)O. The number of hydrogen-bond acceptors (Lipinski definition) is 14. The summed E-state index contributed by atoms with van der Waals surface area (Å²) in [4.78, 5) is 54.4. The van der Waals surface area contributed by atoms with Gasteiger partial charge in [-0.25, -0.2) is 45.1 Å². The molecule has 1 saturated heterocycles. The van der Waals surface area contributed by atoms with Gasteiger partial charge in [-0.15, -0.1) is 0 Å². The lowest BCUT2D eigenvalue weighted by Gasteiger charge is -2.36. The number of aromatic carboxylic acids is 2. The van der Waals surface area contributed by atoms with Crippen molar-refractivity contribution in [2.75, 3.05) is 83.8 Å². The Bertz CT molecular complexity index is 4460. The summed E-state index contributed by atoms with van der Waals surface area (Å²) in [6, 6.07) is 32.9. The molecule has 90 heavy (non-hydrogen) atoms. The van der Waals surface area contributed by atoms with Crippen LogP contribution < -0.4 is 26.7 Å². The van der Waals surface area contributed by atoms with Crippen LogP contribution in [0.5, 0.6) is 11.5 Å². The summed E-state index contributed by atoms with van der Waals surface area (Å²) < 4.78 is 82.5. The van der Waals surface area contributed by atoms with Gasteiger partial charge >= 0.3 is 11.9 Å². The van der Waals surface area contributed by atoms with Crippen LogP contribution in [0.2, 0.25) is 0 Å². The van der Waals surface area contributed by atoms with Crippen LogP contribution in [0.1, 0.15) is 50.5 Å². The maximum atomic E-state index is 15.1. The van der Waals surface area contributed by atoms with E-state index < -0.39 is 45.1 Å². The van der Waals surface area contributed by atoms with Gasteiger partial charge < -0.3 is 51.7 Å². The first kappa shape index (κ1) is 65.0. The number of methoxy groups -OCH3 is 2. The second-order valence-electron chi connectivity index (χ2n) is 20.9. The van der Waals surface area contributed by atoms with E-state index in [1.165, 1.54) is 55.9 Å². The number of anilines is 3. The number of halogens is 4. The average molecular weight is 1360 g/mol. The third-order valence-electron chi connectivity index (χ3n) is 15.5. The molecule has 0 bridgehead atoms. The lowest BCUT2D eigenvalue weighted by atomic mass is 9.99. The van der Waals surface area contributed by atoms with E-state index in [-0.39, 0.29) is 50.1 Å². The molecule has 24 heteroatoms. The molecular formula is C66H64F3IN10O9S. The second-order valence-corrected chi connectivity index (χ2v) is 24.0. The Labute approximate surface area is 530 Å². The number of carbonyl (C=O) groups excluding carboxylic acids is 1. The third kappa shape index (κ3) is 13.9. The molecule has 1 aliphatic rings. The largest absolute Gasteiger partial charge is 0.496 e. The summed E-state index contributed by atoms with van der Waals surface area (Å²) in [6.45, 7) is 13.0. The van der Waals surface area contributed by atoms with Crippen LogP contribution in [-0.4, -0.2) is 137 Å². The molecular weight excluding hydrogens is 1290 g/mol. The number of carboxylic acid groups (broad SMARTS) is 2. The van der Waals surface area contributed by atoms with E-state index in [9.17, 15) is 36.7 Å². The zero-order valence-electron chi connectivity index (χ0n) is 49.6. The number of benzene rings is 6. The van der Waals surface area contributed by atoms with Crippen molar-refractivity contribution >= 4 is 89.6 Å². The van der Waals surface area contributed by atoms with Gasteiger partial charge in [-0.2, -0.15) is 0 Å². The zero-order chi connectivity index (χ0) is 64.7. The van der Waals surface area contributed by atoms with E-state index in [1.807, 2.05) is 66.0 Å². The Hall–Kier alpha value is -9.50. The molecule has 4 aromatic heterocycles. The minimum atomic E-state index is -4.04. The van der Waals surface area contributed by atoms with E-state index in [0.29, 0.717) is 61.3 Å². The summed E-state index contributed by atoms with van der Waals surface area (Å²) in [5.74, 6) is -3.77. The predicted molar refractivity (Wildman–Crippen MR) is 351 cm³/mol. The van der Waals surface area contributed by atoms with E-state index in [4.69, 9.17) is 31.8 Å². The van der Waals surface area contributed by atoms with Gasteiger partial charge in [0.2, 0.25) is 0 Å². The van der Waals surface area contributed by atoms with Gasteiger partial charge in [-0.05, 0) is 127 Å². The number of nitrogens with one attached hydrogen (secondary N) is 1. The van der Waals surface area contributed by atoms with Crippen LogP contribution in [-0.2, 0) is 10.0 Å². The number of likely N-dealkylation sites (N-methyl/N-ethyl adjacent to an activating group) is 1. The van der Waals surface area contributed by atoms with E-state index in [2.05, 4.69) is 38.6 Å². The highest BCUT2D eigenvalue weighted by molar-refractivity contribution is 14.1. The molecule has 19 nitrogen and oxygen atoms in total. The number of aromatic nitrogens is 4. The minimum absolute atomic E-state index is 0.0872. The number of carbonyl (C=O) groups is 3. The number of nitrogens with zero attached hydrogens (tertiary/aromatic N) is 6. The van der Waals surface area contributed by atoms with Crippen molar-refractivity contribution < 1.29 is 55.7 Å². The van der Waals surface area contributed by atoms with Gasteiger partial charge in [0, 0.05) is 112 Å². The first-order valence-electron chi connectivity index (χ1n) is 28.3. The van der Waals surface area contributed by atoms with Gasteiger partial charge in [-0.1, -0.05) is 67.9 Å². The monoisotopic (exact) mass is 1360 g/mol. The highest BCUT2D eigenvalue weighted by atomic mass is 127. The Kier molecular flexibility index (Phi) is 20.1. The van der Waals surface area contributed by atoms with E-state index in [1.54, 1.807) is 66.7 Å². The normalized spacial score (nSPS) is 12.5. The van der Waals surface area contributed by atoms with E-state index in [0.717, 1.165) is 77.1 Å². The number of ether oxygens (including phenoxy) is 2. The number of pyridine rings is 2. The van der Waals surface area contributed by atoms with Crippen LogP contribution in [0.4, 0.5) is 30.2 Å². The number of piperazine rings is 1. The number of aryl methyl sites for hydroxylation is 1. The number of hydrogen-bond donors (Lipinski definition) is 6. The van der Waals surface area contributed by atoms with Crippen LogP contribution in [0.15, 0.2) is 151 Å². The number of carboxylic acids is 2. The fourth-order valence-corrected chi connectivity index (χ4v) is 12.3. The van der Waals surface area contributed by atoms with Crippen LogP contribution in [0, 0.1) is 27.9 Å². The molecule has 466 valence electrons. The molecule has 10 aromatic rings. The number of rotatable bonds is 16. The minimum Gasteiger partial charge on any atom is -0.496 e. The van der Waals surface area contributed by atoms with Crippen molar-refractivity contribution in [3.8, 4) is 56.0 Å². The first-order chi connectivity index (χ1) is 43.1. The molecule has 0 unspecified atom stereocenters. The molecule has 1 fully saturated rings. The smallest absolute Gasteiger partial charge is 0.337 e. The highest BCUT2D eigenvalue weighted by Gasteiger charge is 2.28. The fraction of sp³-hybridized carbons (Fsp3) is 0.197. The van der Waals surface area contributed by atoms with Gasteiger partial charge in [-0.3, -0.25) is 9.69 Å². The molecule has 5 heterocycles. The summed E-state index contributed by atoms with van der Waals surface area (Å²) in [5.41, 5.74) is 22.2. The van der Waals surface area contributed by atoms with Crippen molar-refractivity contribution in [3.05, 3.63) is 189 Å². The van der Waals surface area contributed by atoms with Crippen molar-refractivity contribution in [3.63, 3.8) is 0 Å². The molecule has 0 atom stereocenters. The molecule has 9 N–H and O–H groups in total. The lowest BCUT2D eigenvalue weighted by Crippen LogP contribution is -2.50. The molecule has 0 radical (unpaired) electrons. The molecule has 0 saturated carbocycles. The number of H-pyrrole nitrogens is 1. The number of nitrogen functional groups attached to an aromatic ring is 3. The van der Waals surface area contributed by atoms with Gasteiger partial charge in [0.05, 0.1) is 52.9 Å². The fourth-order valence-electron chi connectivity index (χ4n) is 10.4. The molecule has 6 aromatic carbocycles. The van der Waals surface area contributed by atoms with Gasteiger partial charge in [0.1, 0.15) is 34.6 Å². The topological polar surface area (TPSA) is 279 Å².